The van der Waals surface area contributed by atoms with Crippen LogP contribution in [0.15, 0.2) is 24.3 Å². The Hall–Kier alpha value is -0.870. The second-order valence-electron chi connectivity index (χ2n) is 5.80. The summed E-state index contributed by atoms with van der Waals surface area (Å²) in [5.74, 6) is -0.337. The Morgan fingerprint density at radius 3 is 2.29 bits per heavy atom. The van der Waals surface area contributed by atoms with Crippen molar-refractivity contribution in [3.8, 4) is 0 Å². The Morgan fingerprint density at radius 2 is 1.81 bits per heavy atom. The molecule has 0 aliphatic carbocycles. The van der Waals surface area contributed by atoms with E-state index in [-0.39, 0.29) is 11.8 Å². The largest absolute Gasteiger partial charge is 0.460 e. The molecule has 0 radical (unpaired) electrons. The molecule has 1 aromatic rings. The number of aryl methyl sites for hydroxylation is 1. The van der Waals surface area contributed by atoms with E-state index in [1.54, 1.807) is 12.1 Å². The Labute approximate surface area is 139 Å². The van der Waals surface area contributed by atoms with E-state index >= 15 is 0 Å². The molecule has 0 bridgehead atoms. The minimum absolute atomic E-state index is 0.156. The molecule has 1 unspecified atom stereocenters. The number of rotatable bonds is 6. The quantitative estimate of drug-likeness (QED) is 0.418. The number of esters is 1. The van der Waals surface area contributed by atoms with Crippen molar-refractivity contribution in [1.29, 1.82) is 0 Å². The van der Waals surface area contributed by atoms with Crippen molar-refractivity contribution in [2.45, 2.75) is 49.9 Å². The van der Waals surface area contributed by atoms with Crippen LogP contribution in [0.1, 0.15) is 49.5 Å². The molecule has 3 nitrogen and oxygen atoms in total. The molecule has 0 amide bonds. The highest BCUT2D eigenvalue weighted by molar-refractivity contribution is 9.10. The van der Waals surface area contributed by atoms with Crippen LogP contribution in [0, 0.1) is 0 Å². The van der Waals surface area contributed by atoms with Crippen molar-refractivity contribution >= 4 is 39.3 Å². The number of carbonyl (C=O) groups excluding carboxylic acids is 2. The molecule has 5 heteroatoms. The van der Waals surface area contributed by atoms with Crippen LogP contribution < -0.4 is 0 Å². The summed E-state index contributed by atoms with van der Waals surface area (Å²) in [5, 5.41) is 0. The normalized spacial score (nSPS) is 12.8. The molecule has 0 fully saturated rings. The van der Waals surface area contributed by atoms with Crippen LogP contribution in [0.5, 0.6) is 0 Å². The van der Waals surface area contributed by atoms with E-state index in [0.717, 1.165) is 18.4 Å². The SMILES string of the molecule is CC(C)(C)OC(=O)CCCc1ccc(C(=O)C(Cl)Br)cc1. The first-order valence-corrected chi connectivity index (χ1v) is 8.17. The first-order valence-electron chi connectivity index (χ1n) is 6.82. The fraction of sp³-hybridized carbons (Fsp3) is 0.500. The summed E-state index contributed by atoms with van der Waals surface area (Å²) in [7, 11) is 0. The molecule has 1 rings (SSSR count). The predicted molar refractivity (Wildman–Crippen MR) is 88.1 cm³/mol. The number of ketones is 1. The molecule has 1 atom stereocenters. The third kappa shape index (κ3) is 7.09. The molecular formula is C16H20BrClO3. The second kappa shape index (κ2) is 7.95. The van der Waals surface area contributed by atoms with E-state index < -0.39 is 9.89 Å². The van der Waals surface area contributed by atoms with E-state index in [4.69, 9.17) is 16.3 Å². The monoisotopic (exact) mass is 374 g/mol. The Morgan fingerprint density at radius 1 is 1.24 bits per heavy atom. The van der Waals surface area contributed by atoms with Gasteiger partial charge in [0.05, 0.1) is 0 Å². The smallest absolute Gasteiger partial charge is 0.306 e. The van der Waals surface area contributed by atoms with Crippen LogP contribution in [0.2, 0.25) is 0 Å². The standard InChI is InChI=1S/C16H20BrClO3/c1-16(2,3)21-13(19)6-4-5-11-7-9-12(10-8-11)14(20)15(17)18/h7-10,15H,4-6H2,1-3H3. The second-order valence-corrected chi connectivity index (χ2v) is 7.68. The van der Waals surface area contributed by atoms with Gasteiger partial charge in [0, 0.05) is 12.0 Å². The highest BCUT2D eigenvalue weighted by Crippen LogP contribution is 2.16. The minimum Gasteiger partial charge on any atom is -0.460 e. The third-order valence-corrected chi connectivity index (χ3v) is 3.32. The van der Waals surface area contributed by atoms with Crippen LogP contribution in [0.4, 0.5) is 0 Å². The van der Waals surface area contributed by atoms with Gasteiger partial charge in [-0.25, -0.2) is 0 Å². The molecule has 0 heterocycles. The maximum absolute atomic E-state index is 11.7. The van der Waals surface area contributed by atoms with Crippen LogP contribution >= 0.6 is 27.5 Å². The van der Waals surface area contributed by atoms with Gasteiger partial charge in [-0.3, -0.25) is 9.59 Å². The van der Waals surface area contributed by atoms with Gasteiger partial charge in [-0.05, 0) is 39.2 Å². The number of Topliss-reactive ketones (excluding diaryl/α,β-unsaturated/α-hetero) is 1. The predicted octanol–water partition coefficient (Wildman–Crippen LogP) is 4.49. The summed E-state index contributed by atoms with van der Waals surface area (Å²) in [4.78, 5) is 23.2. The van der Waals surface area contributed by atoms with Crippen LogP contribution in [0.3, 0.4) is 0 Å². The van der Waals surface area contributed by atoms with Crippen molar-refractivity contribution in [2.24, 2.45) is 0 Å². The van der Waals surface area contributed by atoms with Gasteiger partial charge >= 0.3 is 5.97 Å². The highest BCUT2D eigenvalue weighted by atomic mass is 79.9. The summed E-state index contributed by atoms with van der Waals surface area (Å²) in [5.41, 5.74) is 1.21. The van der Waals surface area contributed by atoms with E-state index in [1.165, 1.54) is 0 Å². The van der Waals surface area contributed by atoms with Crippen LogP contribution in [0.25, 0.3) is 0 Å². The lowest BCUT2D eigenvalue weighted by Crippen LogP contribution is -2.23. The minimum atomic E-state index is -0.699. The Kier molecular flexibility index (Phi) is 6.88. The lowest BCUT2D eigenvalue weighted by Gasteiger charge is -2.19. The lowest BCUT2D eigenvalue weighted by molar-refractivity contribution is -0.154. The number of carbonyl (C=O) groups is 2. The Balaban J connectivity index is 2.43. The van der Waals surface area contributed by atoms with Gasteiger partial charge in [0.25, 0.3) is 0 Å². The van der Waals surface area contributed by atoms with Gasteiger partial charge in [0.1, 0.15) is 5.60 Å². The van der Waals surface area contributed by atoms with Gasteiger partial charge < -0.3 is 4.74 Å². The zero-order valence-corrected chi connectivity index (χ0v) is 14.8. The van der Waals surface area contributed by atoms with E-state index in [1.807, 2.05) is 32.9 Å². The number of hydrogen-bond acceptors (Lipinski definition) is 3. The number of alkyl halides is 2. The average Bonchev–Trinajstić information content (AvgIpc) is 2.36. The first-order chi connectivity index (χ1) is 9.69. The summed E-state index contributed by atoms with van der Waals surface area (Å²) in [6, 6.07) is 7.27. The number of halogens is 2. The molecule has 0 aromatic heterocycles. The van der Waals surface area contributed by atoms with Gasteiger partial charge in [-0.2, -0.15) is 0 Å². The van der Waals surface area contributed by atoms with E-state index in [9.17, 15) is 9.59 Å². The highest BCUT2D eigenvalue weighted by Gasteiger charge is 2.16. The molecule has 0 aliphatic heterocycles. The van der Waals surface area contributed by atoms with Crippen molar-refractivity contribution < 1.29 is 14.3 Å². The third-order valence-electron chi connectivity index (χ3n) is 2.70. The van der Waals surface area contributed by atoms with E-state index in [2.05, 4.69) is 15.9 Å². The molecule has 0 N–H and O–H groups in total. The zero-order chi connectivity index (χ0) is 16.0. The molecular weight excluding hydrogens is 356 g/mol. The molecule has 0 aliphatic rings. The van der Waals surface area contributed by atoms with Crippen molar-refractivity contribution in [1.82, 2.24) is 0 Å². The van der Waals surface area contributed by atoms with E-state index in [0.29, 0.717) is 12.0 Å². The Bertz CT molecular complexity index is 489. The zero-order valence-electron chi connectivity index (χ0n) is 12.5. The number of benzene rings is 1. The summed E-state index contributed by atoms with van der Waals surface area (Å²) in [6.07, 6.45) is 1.88. The molecule has 0 saturated carbocycles. The van der Waals surface area contributed by atoms with Crippen LogP contribution in [-0.4, -0.2) is 21.6 Å². The average molecular weight is 376 g/mol. The van der Waals surface area contributed by atoms with Gasteiger partial charge in [-0.1, -0.05) is 40.2 Å². The maximum Gasteiger partial charge on any atom is 0.306 e. The van der Waals surface area contributed by atoms with Gasteiger partial charge in [-0.15, -0.1) is 11.6 Å². The molecule has 21 heavy (non-hydrogen) atoms. The molecule has 116 valence electrons. The molecule has 0 spiro atoms. The summed E-state index contributed by atoms with van der Waals surface area (Å²) >= 11 is 8.73. The van der Waals surface area contributed by atoms with Crippen molar-refractivity contribution in [3.05, 3.63) is 35.4 Å². The maximum atomic E-state index is 11.7. The summed E-state index contributed by atoms with van der Waals surface area (Å²) in [6.45, 7) is 5.57. The number of hydrogen-bond donors (Lipinski definition) is 0. The fourth-order valence-corrected chi connectivity index (χ4v) is 2.18. The van der Waals surface area contributed by atoms with Crippen molar-refractivity contribution in [2.75, 3.05) is 0 Å². The van der Waals surface area contributed by atoms with Crippen LogP contribution in [-0.2, 0) is 16.0 Å². The number of ether oxygens (including phenoxy) is 1. The first kappa shape index (κ1) is 18.2. The van der Waals surface area contributed by atoms with Crippen molar-refractivity contribution in [3.63, 3.8) is 0 Å². The summed E-state index contributed by atoms with van der Waals surface area (Å²) < 4.78 is 4.55. The lowest BCUT2D eigenvalue weighted by atomic mass is 10.0. The fourth-order valence-electron chi connectivity index (χ4n) is 1.79. The molecule has 1 aromatic carbocycles. The molecule has 0 saturated heterocycles. The van der Waals surface area contributed by atoms with Gasteiger partial charge in [0.15, 0.2) is 10.1 Å². The van der Waals surface area contributed by atoms with Gasteiger partial charge in [0.2, 0.25) is 0 Å². The topological polar surface area (TPSA) is 43.4 Å².